The summed E-state index contributed by atoms with van der Waals surface area (Å²) in [6.07, 6.45) is 1.88. The molecule has 1 heterocycles. The number of nitrogens with two attached hydrogens (primary N) is 1. The Bertz CT molecular complexity index is 379. The number of aromatic nitrogens is 1. The third-order valence-corrected chi connectivity index (χ3v) is 3.08. The van der Waals surface area contributed by atoms with Crippen LogP contribution in [0.5, 0.6) is 0 Å². The zero-order chi connectivity index (χ0) is 13.7. The number of ether oxygens (including phenoxy) is 1. The lowest BCUT2D eigenvalue weighted by atomic mass is 9.93. The summed E-state index contributed by atoms with van der Waals surface area (Å²) in [5.74, 6) is 0.979. The minimum Gasteiger partial charge on any atom is -0.383 e. The molecule has 2 unspecified atom stereocenters. The van der Waals surface area contributed by atoms with Crippen molar-refractivity contribution in [1.82, 2.24) is 10.3 Å². The van der Waals surface area contributed by atoms with Crippen LogP contribution in [0.2, 0.25) is 0 Å². The number of aryl methyl sites for hydroxylation is 1. The summed E-state index contributed by atoms with van der Waals surface area (Å²) in [4.78, 5) is 4.23. The largest absolute Gasteiger partial charge is 0.383 e. The molecule has 0 aliphatic heterocycles. The molecule has 1 rings (SSSR count). The molecule has 0 saturated heterocycles. The number of hydrogen-bond donors (Lipinski definition) is 2. The maximum atomic E-state index is 5.99. The molecule has 1 aromatic heterocycles. The molecular weight excluding hydrogens is 226 g/mol. The number of nitrogens with zero attached hydrogens (tertiary/aromatic N) is 1. The van der Waals surface area contributed by atoms with Crippen LogP contribution in [0.4, 0.5) is 5.82 Å². The number of nitrogens with one attached hydrogen (secondary N) is 1. The minimum atomic E-state index is 0.0670. The second-order valence-electron chi connectivity index (χ2n) is 4.92. The van der Waals surface area contributed by atoms with E-state index in [1.54, 1.807) is 6.20 Å². The van der Waals surface area contributed by atoms with Gasteiger partial charge in [0.2, 0.25) is 0 Å². The first-order chi connectivity index (χ1) is 8.51. The van der Waals surface area contributed by atoms with Gasteiger partial charge in [0.15, 0.2) is 0 Å². The van der Waals surface area contributed by atoms with Gasteiger partial charge in [-0.2, -0.15) is 0 Å². The molecule has 0 aliphatic carbocycles. The third kappa shape index (κ3) is 3.43. The second-order valence-corrected chi connectivity index (χ2v) is 4.92. The van der Waals surface area contributed by atoms with Gasteiger partial charge >= 0.3 is 0 Å². The van der Waals surface area contributed by atoms with E-state index >= 15 is 0 Å². The molecule has 0 amide bonds. The van der Waals surface area contributed by atoms with Gasteiger partial charge in [0.25, 0.3) is 0 Å². The maximum Gasteiger partial charge on any atom is 0.128 e. The van der Waals surface area contributed by atoms with Crippen molar-refractivity contribution in [2.45, 2.75) is 39.8 Å². The Morgan fingerprint density at radius 2 is 2.11 bits per heavy atom. The van der Waals surface area contributed by atoms with Crippen LogP contribution in [-0.2, 0) is 4.74 Å². The summed E-state index contributed by atoms with van der Waals surface area (Å²) < 4.78 is 5.86. The van der Waals surface area contributed by atoms with Crippen molar-refractivity contribution >= 4 is 5.82 Å². The Morgan fingerprint density at radius 1 is 1.44 bits per heavy atom. The summed E-state index contributed by atoms with van der Waals surface area (Å²) in [5, 5.41) is 3.31. The fourth-order valence-corrected chi connectivity index (χ4v) is 2.21. The highest BCUT2D eigenvalue weighted by atomic mass is 16.5. The molecule has 18 heavy (non-hydrogen) atoms. The molecule has 4 heteroatoms. The fourth-order valence-electron chi connectivity index (χ4n) is 2.21. The SMILES string of the molecule is CCOC(C(C)C)C(NC)c1cc(C)cnc1N. The first kappa shape index (κ1) is 14.9. The van der Waals surface area contributed by atoms with Crippen molar-refractivity contribution in [2.75, 3.05) is 19.4 Å². The van der Waals surface area contributed by atoms with E-state index in [2.05, 4.69) is 30.2 Å². The number of likely N-dealkylation sites (N-methyl/N-ethyl adjacent to an activating group) is 1. The van der Waals surface area contributed by atoms with Gasteiger partial charge in [-0.3, -0.25) is 0 Å². The number of anilines is 1. The van der Waals surface area contributed by atoms with Crippen LogP contribution in [-0.4, -0.2) is 24.7 Å². The normalized spacial score (nSPS) is 14.8. The van der Waals surface area contributed by atoms with Crippen LogP contribution in [0.3, 0.4) is 0 Å². The lowest BCUT2D eigenvalue weighted by molar-refractivity contribution is 0.00470. The topological polar surface area (TPSA) is 60.2 Å². The molecule has 0 saturated carbocycles. The van der Waals surface area contributed by atoms with Gasteiger partial charge in [-0.05, 0) is 38.4 Å². The van der Waals surface area contributed by atoms with Gasteiger partial charge in [0, 0.05) is 18.4 Å². The van der Waals surface area contributed by atoms with E-state index in [0.717, 1.165) is 11.1 Å². The zero-order valence-corrected chi connectivity index (χ0v) is 12.0. The van der Waals surface area contributed by atoms with Crippen LogP contribution < -0.4 is 11.1 Å². The van der Waals surface area contributed by atoms with Gasteiger partial charge in [-0.15, -0.1) is 0 Å². The standard InChI is InChI=1S/C14H25N3O/c1-6-18-13(9(2)3)12(16-5)11-7-10(4)8-17-14(11)15/h7-9,12-13,16H,6H2,1-5H3,(H2,15,17). The highest BCUT2D eigenvalue weighted by Crippen LogP contribution is 2.28. The molecular formula is C14H25N3O. The molecule has 0 spiro atoms. The van der Waals surface area contributed by atoms with Gasteiger partial charge < -0.3 is 15.8 Å². The Morgan fingerprint density at radius 3 is 2.61 bits per heavy atom. The van der Waals surface area contributed by atoms with E-state index in [1.807, 2.05) is 20.9 Å². The van der Waals surface area contributed by atoms with Crippen LogP contribution in [0.15, 0.2) is 12.3 Å². The summed E-state index contributed by atoms with van der Waals surface area (Å²) in [5.41, 5.74) is 8.12. The number of rotatable bonds is 6. The van der Waals surface area contributed by atoms with E-state index in [4.69, 9.17) is 10.5 Å². The Hall–Kier alpha value is -1.13. The number of pyridine rings is 1. The highest BCUT2D eigenvalue weighted by molar-refractivity contribution is 5.43. The van der Waals surface area contributed by atoms with Crippen LogP contribution >= 0.6 is 0 Å². The lowest BCUT2D eigenvalue weighted by Crippen LogP contribution is -2.36. The molecule has 2 atom stereocenters. The molecule has 0 fully saturated rings. The van der Waals surface area contributed by atoms with E-state index in [-0.39, 0.29) is 12.1 Å². The Balaban J connectivity index is 3.10. The van der Waals surface area contributed by atoms with E-state index in [9.17, 15) is 0 Å². The molecule has 102 valence electrons. The maximum absolute atomic E-state index is 5.99. The fraction of sp³-hybridized carbons (Fsp3) is 0.643. The van der Waals surface area contributed by atoms with E-state index in [1.165, 1.54) is 0 Å². The Labute approximate surface area is 110 Å². The average molecular weight is 251 g/mol. The predicted octanol–water partition coefficient (Wildman–Crippen LogP) is 2.29. The van der Waals surface area contributed by atoms with Crippen LogP contribution in [0, 0.1) is 12.8 Å². The van der Waals surface area contributed by atoms with Crippen molar-refractivity contribution in [3.8, 4) is 0 Å². The van der Waals surface area contributed by atoms with E-state index in [0.29, 0.717) is 18.3 Å². The van der Waals surface area contributed by atoms with Crippen molar-refractivity contribution in [3.05, 3.63) is 23.4 Å². The quantitative estimate of drug-likeness (QED) is 0.814. The molecule has 0 radical (unpaired) electrons. The smallest absolute Gasteiger partial charge is 0.128 e. The summed E-state index contributed by atoms with van der Waals surface area (Å²) >= 11 is 0. The molecule has 0 aliphatic rings. The van der Waals surface area contributed by atoms with E-state index < -0.39 is 0 Å². The van der Waals surface area contributed by atoms with Gasteiger partial charge in [0.05, 0.1) is 12.1 Å². The number of hydrogen-bond acceptors (Lipinski definition) is 4. The second kappa shape index (κ2) is 6.71. The average Bonchev–Trinajstić information content (AvgIpc) is 2.33. The summed E-state index contributed by atoms with van der Waals surface area (Å²) in [7, 11) is 1.93. The third-order valence-electron chi connectivity index (χ3n) is 3.08. The first-order valence-electron chi connectivity index (χ1n) is 6.52. The first-order valence-corrected chi connectivity index (χ1v) is 6.52. The Kier molecular flexibility index (Phi) is 5.56. The zero-order valence-electron chi connectivity index (χ0n) is 12.0. The lowest BCUT2D eigenvalue weighted by Gasteiger charge is -2.30. The molecule has 1 aromatic rings. The van der Waals surface area contributed by atoms with Crippen molar-refractivity contribution in [1.29, 1.82) is 0 Å². The van der Waals surface area contributed by atoms with Crippen molar-refractivity contribution in [2.24, 2.45) is 5.92 Å². The molecule has 3 N–H and O–H groups in total. The van der Waals surface area contributed by atoms with Crippen molar-refractivity contribution < 1.29 is 4.74 Å². The minimum absolute atomic E-state index is 0.0670. The highest BCUT2D eigenvalue weighted by Gasteiger charge is 2.27. The van der Waals surface area contributed by atoms with Gasteiger partial charge in [-0.25, -0.2) is 4.98 Å². The van der Waals surface area contributed by atoms with Gasteiger partial charge in [-0.1, -0.05) is 13.8 Å². The monoisotopic (exact) mass is 251 g/mol. The molecule has 4 nitrogen and oxygen atoms in total. The molecule has 0 aromatic carbocycles. The van der Waals surface area contributed by atoms with Crippen molar-refractivity contribution in [3.63, 3.8) is 0 Å². The van der Waals surface area contributed by atoms with Gasteiger partial charge in [0.1, 0.15) is 5.82 Å². The number of nitrogen functional groups attached to an aromatic ring is 1. The van der Waals surface area contributed by atoms with Crippen LogP contribution in [0.25, 0.3) is 0 Å². The summed E-state index contributed by atoms with van der Waals surface area (Å²) in [6.45, 7) is 9.04. The molecule has 0 bridgehead atoms. The predicted molar refractivity (Wildman–Crippen MR) is 75.4 cm³/mol. The summed E-state index contributed by atoms with van der Waals surface area (Å²) in [6, 6.07) is 2.15. The van der Waals surface area contributed by atoms with Crippen LogP contribution in [0.1, 0.15) is 37.9 Å².